The number of rotatable bonds is 7. The summed E-state index contributed by atoms with van der Waals surface area (Å²) in [6.07, 6.45) is 6.60. The summed E-state index contributed by atoms with van der Waals surface area (Å²) >= 11 is 0. The average molecular weight is 393 g/mol. The average Bonchev–Trinajstić information content (AvgIpc) is 3.36. The lowest BCUT2D eigenvalue weighted by Gasteiger charge is -2.35. The molecule has 0 radical (unpaired) electrons. The van der Waals surface area contributed by atoms with Crippen LogP contribution in [0, 0.1) is 6.92 Å². The van der Waals surface area contributed by atoms with Crippen molar-refractivity contribution >= 4 is 5.69 Å². The van der Waals surface area contributed by atoms with Crippen LogP contribution in [-0.2, 0) is 16.9 Å². The van der Waals surface area contributed by atoms with Crippen molar-refractivity contribution in [3.8, 4) is 5.75 Å². The molecule has 0 spiro atoms. The minimum Gasteiger partial charge on any atom is -0.497 e. The van der Waals surface area contributed by atoms with Crippen molar-refractivity contribution < 1.29 is 9.57 Å². The molecule has 29 heavy (non-hydrogen) atoms. The lowest BCUT2D eigenvalue weighted by atomic mass is 9.85. The molecule has 1 saturated heterocycles. The van der Waals surface area contributed by atoms with Crippen molar-refractivity contribution in [3.63, 3.8) is 0 Å². The molecule has 2 aromatic carbocycles. The Morgan fingerprint density at radius 2 is 2.00 bits per heavy atom. The maximum atomic E-state index is 6.30. The van der Waals surface area contributed by atoms with Gasteiger partial charge in [0.25, 0.3) is 0 Å². The van der Waals surface area contributed by atoms with E-state index in [1.165, 1.54) is 11.1 Å². The number of imidazole rings is 1. The zero-order chi connectivity index (χ0) is 20.3. The molecule has 2 unspecified atom stereocenters. The summed E-state index contributed by atoms with van der Waals surface area (Å²) in [5.41, 5.74) is 3.30. The van der Waals surface area contributed by atoms with E-state index in [4.69, 9.17) is 9.57 Å². The second-order valence-electron chi connectivity index (χ2n) is 7.62. The van der Waals surface area contributed by atoms with Crippen molar-refractivity contribution in [2.24, 2.45) is 0 Å². The standard InChI is InChI=1S/C23H28N4O2/c1-18-6-4-5-7-22(18)25-15-21-14-23(26(2)29-21,16-27-13-12-24-17-27)19-8-10-20(28-3)11-9-19/h4-13,17,21,25H,14-16H2,1-3H3. The van der Waals surface area contributed by atoms with Gasteiger partial charge in [0.2, 0.25) is 0 Å². The molecule has 152 valence electrons. The van der Waals surface area contributed by atoms with Gasteiger partial charge < -0.3 is 14.6 Å². The van der Waals surface area contributed by atoms with Gasteiger partial charge in [-0.15, -0.1) is 0 Å². The number of nitrogens with one attached hydrogen (secondary N) is 1. The lowest BCUT2D eigenvalue weighted by molar-refractivity contribution is -0.171. The van der Waals surface area contributed by atoms with Gasteiger partial charge in [0.1, 0.15) is 5.75 Å². The second-order valence-corrected chi connectivity index (χ2v) is 7.62. The van der Waals surface area contributed by atoms with E-state index in [0.29, 0.717) is 0 Å². The summed E-state index contributed by atoms with van der Waals surface area (Å²) in [7, 11) is 3.71. The Bertz CT molecular complexity index is 926. The highest BCUT2D eigenvalue weighted by Gasteiger charge is 2.46. The smallest absolute Gasteiger partial charge is 0.118 e. The SMILES string of the molecule is COc1ccc(C2(Cn3ccnc3)CC(CNc3ccccc3C)ON2C)cc1. The minimum absolute atomic E-state index is 0.0604. The number of benzene rings is 2. The number of methoxy groups -OCH3 is 1. The number of hydrogen-bond donors (Lipinski definition) is 1. The summed E-state index contributed by atoms with van der Waals surface area (Å²) in [5, 5.41) is 5.56. The van der Waals surface area contributed by atoms with E-state index in [2.05, 4.69) is 58.2 Å². The maximum absolute atomic E-state index is 6.30. The summed E-state index contributed by atoms with van der Waals surface area (Å²) < 4.78 is 7.46. The highest BCUT2D eigenvalue weighted by molar-refractivity contribution is 5.50. The van der Waals surface area contributed by atoms with E-state index < -0.39 is 0 Å². The van der Waals surface area contributed by atoms with Crippen LogP contribution in [0.1, 0.15) is 17.5 Å². The van der Waals surface area contributed by atoms with Crippen LogP contribution in [0.25, 0.3) is 0 Å². The third-order valence-corrected chi connectivity index (χ3v) is 5.77. The van der Waals surface area contributed by atoms with Crippen LogP contribution in [0.4, 0.5) is 5.69 Å². The molecular formula is C23H28N4O2. The number of nitrogens with zero attached hydrogens (tertiary/aromatic N) is 3. The molecule has 6 heteroatoms. The van der Waals surface area contributed by atoms with Gasteiger partial charge >= 0.3 is 0 Å². The van der Waals surface area contributed by atoms with Gasteiger partial charge in [-0.05, 0) is 36.2 Å². The van der Waals surface area contributed by atoms with Crippen molar-refractivity contribution in [3.05, 3.63) is 78.4 Å². The maximum Gasteiger partial charge on any atom is 0.118 e. The molecule has 1 fully saturated rings. The molecule has 0 amide bonds. The van der Waals surface area contributed by atoms with Crippen molar-refractivity contribution in [2.45, 2.75) is 31.5 Å². The molecule has 1 aliphatic rings. The second kappa shape index (κ2) is 8.27. The number of ether oxygens (including phenoxy) is 1. The highest BCUT2D eigenvalue weighted by atomic mass is 16.7. The van der Waals surface area contributed by atoms with Gasteiger partial charge in [0.05, 0.1) is 25.1 Å². The van der Waals surface area contributed by atoms with Crippen molar-refractivity contribution in [2.75, 3.05) is 26.0 Å². The Labute approximate surface area is 172 Å². The normalized spacial score (nSPS) is 22.0. The van der Waals surface area contributed by atoms with E-state index in [-0.39, 0.29) is 11.6 Å². The minimum atomic E-state index is -0.287. The predicted octanol–water partition coefficient (Wildman–Crippen LogP) is 3.84. The fourth-order valence-electron chi connectivity index (χ4n) is 4.11. The third-order valence-electron chi connectivity index (χ3n) is 5.77. The molecule has 1 aliphatic heterocycles. The van der Waals surface area contributed by atoms with E-state index in [1.807, 2.05) is 43.0 Å². The summed E-state index contributed by atoms with van der Waals surface area (Å²) in [6.45, 7) is 3.62. The zero-order valence-corrected chi connectivity index (χ0v) is 17.2. The van der Waals surface area contributed by atoms with Crippen LogP contribution in [0.15, 0.2) is 67.3 Å². The van der Waals surface area contributed by atoms with Gasteiger partial charge in [-0.1, -0.05) is 30.3 Å². The molecule has 6 nitrogen and oxygen atoms in total. The number of hydrogen-bond acceptors (Lipinski definition) is 5. The van der Waals surface area contributed by atoms with E-state index in [9.17, 15) is 0 Å². The zero-order valence-electron chi connectivity index (χ0n) is 17.2. The third kappa shape index (κ3) is 3.99. The molecule has 2 heterocycles. The number of aryl methyl sites for hydroxylation is 1. The Hall–Kier alpha value is -2.83. The van der Waals surface area contributed by atoms with Crippen LogP contribution in [0.3, 0.4) is 0 Å². The molecule has 3 aromatic rings. The topological polar surface area (TPSA) is 51.6 Å². The van der Waals surface area contributed by atoms with Crippen LogP contribution in [-0.4, -0.2) is 41.4 Å². The number of anilines is 1. The molecule has 1 N–H and O–H groups in total. The molecule has 0 bridgehead atoms. The molecule has 2 atom stereocenters. The van der Waals surface area contributed by atoms with E-state index in [0.717, 1.165) is 30.9 Å². The molecule has 0 aliphatic carbocycles. The predicted molar refractivity (Wildman–Crippen MR) is 114 cm³/mol. The molecular weight excluding hydrogens is 364 g/mol. The van der Waals surface area contributed by atoms with Gasteiger partial charge in [-0.2, -0.15) is 5.06 Å². The van der Waals surface area contributed by atoms with E-state index >= 15 is 0 Å². The molecule has 4 rings (SSSR count). The number of likely N-dealkylation sites (N-methyl/N-ethyl adjacent to an activating group) is 1. The van der Waals surface area contributed by atoms with Crippen LogP contribution in [0.5, 0.6) is 5.75 Å². The van der Waals surface area contributed by atoms with Gasteiger partial charge in [0, 0.05) is 44.6 Å². The Morgan fingerprint density at radius 3 is 2.69 bits per heavy atom. The summed E-state index contributed by atoms with van der Waals surface area (Å²) in [5.74, 6) is 0.853. The van der Waals surface area contributed by atoms with Crippen molar-refractivity contribution in [1.82, 2.24) is 14.6 Å². The van der Waals surface area contributed by atoms with Crippen LogP contribution < -0.4 is 10.1 Å². The first-order valence-electron chi connectivity index (χ1n) is 9.91. The quantitative estimate of drug-likeness (QED) is 0.662. The van der Waals surface area contributed by atoms with E-state index in [1.54, 1.807) is 7.11 Å². The summed E-state index contributed by atoms with van der Waals surface area (Å²) in [6, 6.07) is 16.6. The lowest BCUT2D eigenvalue weighted by Crippen LogP contribution is -2.41. The Balaban J connectivity index is 1.57. The van der Waals surface area contributed by atoms with Crippen molar-refractivity contribution in [1.29, 1.82) is 0 Å². The van der Waals surface area contributed by atoms with Crippen LogP contribution >= 0.6 is 0 Å². The highest BCUT2D eigenvalue weighted by Crippen LogP contribution is 2.41. The fourth-order valence-corrected chi connectivity index (χ4v) is 4.11. The van der Waals surface area contributed by atoms with Gasteiger partial charge in [0.15, 0.2) is 0 Å². The number of aromatic nitrogens is 2. The largest absolute Gasteiger partial charge is 0.497 e. The van der Waals surface area contributed by atoms with Crippen LogP contribution in [0.2, 0.25) is 0 Å². The van der Waals surface area contributed by atoms with Gasteiger partial charge in [-0.25, -0.2) is 4.98 Å². The number of para-hydroxylation sites is 1. The Morgan fingerprint density at radius 1 is 1.21 bits per heavy atom. The summed E-state index contributed by atoms with van der Waals surface area (Å²) in [4.78, 5) is 10.5. The molecule has 1 aromatic heterocycles. The van der Waals surface area contributed by atoms with Gasteiger partial charge in [-0.3, -0.25) is 4.84 Å². The fraction of sp³-hybridized carbons (Fsp3) is 0.348. The Kier molecular flexibility index (Phi) is 5.56. The monoisotopic (exact) mass is 392 g/mol. The first kappa shape index (κ1) is 19.5. The first-order chi connectivity index (χ1) is 14.1. The number of hydroxylamine groups is 2. The molecule has 0 saturated carbocycles. The first-order valence-corrected chi connectivity index (χ1v) is 9.91.